The Labute approximate surface area is 111 Å². The number of fused-ring (bicyclic) bond motifs is 1. The zero-order valence-electron chi connectivity index (χ0n) is 10.5. The smallest absolute Gasteiger partial charge is 0.225 e. The molecule has 1 N–H and O–H groups in total. The molecule has 0 saturated heterocycles. The van der Waals surface area contributed by atoms with Crippen molar-refractivity contribution in [1.82, 2.24) is 14.5 Å². The third-order valence-electron chi connectivity index (χ3n) is 3.62. The number of nitrogens with zero attached hydrogens (tertiary/aromatic N) is 3. The number of aromatic nitrogens is 3. The van der Waals surface area contributed by atoms with Crippen LogP contribution in [-0.4, -0.2) is 20.6 Å². The zero-order valence-corrected chi connectivity index (χ0v) is 11.2. The quantitative estimate of drug-likeness (QED) is 0.864. The van der Waals surface area contributed by atoms with Crippen LogP contribution < -0.4 is 5.32 Å². The number of anilines is 1. The van der Waals surface area contributed by atoms with E-state index in [1.165, 1.54) is 25.7 Å². The molecular weight excluding hydrogens is 248 g/mol. The summed E-state index contributed by atoms with van der Waals surface area (Å²) in [5.74, 6) is 0.878. The average Bonchev–Trinajstić information content (AvgIpc) is 2.97. The Morgan fingerprint density at radius 3 is 2.89 bits per heavy atom. The first-order chi connectivity index (χ1) is 8.78. The number of hydrogen-bond donors (Lipinski definition) is 1. The molecule has 0 amide bonds. The number of nitrogens with one attached hydrogen (secondary N) is 1. The van der Waals surface area contributed by atoms with Crippen molar-refractivity contribution < 1.29 is 0 Å². The Morgan fingerprint density at radius 2 is 2.17 bits per heavy atom. The van der Waals surface area contributed by atoms with Crippen molar-refractivity contribution in [1.29, 1.82) is 0 Å². The molecule has 0 bridgehead atoms. The van der Waals surface area contributed by atoms with Crippen LogP contribution in [0.1, 0.15) is 32.6 Å². The van der Waals surface area contributed by atoms with Crippen molar-refractivity contribution in [2.24, 2.45) is 0 Å². The van der Waals surface area contributed by atoms with Crippen molar-refractivity contribution in [2.45, 2.75) is 45.2 Å². The highest BCUT2D eigenvalue weighted by Crippen LogP contribution is 2.27. The minimum atomic E-state index is 0.317. The lowest BCUT2D eigenvalue weighted by Crippen LogP contribution is -2.16. The van der Waals surface area contributed by atoms with Gasteiger partial charge in [-0.2, -0.15) is 4.98 Å². The van der Waals surface area contributed by atoms with E-state index in [-0.39, 0.29) is 0 Å². The van der Waals surface area contributed by atoms with Crippen LogP contribution in [0.3, 0.4) is 0 Å². The summed E-state index contributed by atoms with van der Waals surface area (Å²) in [5, 5.41) is 3.85. The fourth-order valence-electron chi connectivity index (χ4n) is 2.71. The molecule has 0 spiro atoms. The van der Waals surface area contributed by atoms with E-state index in [4.69, 9.17) is 11.6 Å². The molecule has 0 unspecified atom stereocenters. The summed E-state index contributed by atoms with van der Waals surface area (Å²) in [6, 6.07) is 2.52. The van der Waals surface area contributed by atoms with Crippen molar-refractivity contribution in [2.75, 3.05) is 5.32 Å². The maximum Gasteiger partial charge on any atom is 0.225 e. The van der Waals surface area contributed by atoms with E-state index < -0.39 is 0 Å². The molecule has 5 heteroatoms. The molecule has 0 atom stereocenters. The summed E-state index contributed by atoms with van der Waals surface area (Å²) < 4.78 is 2.16. The molecule has 18 heavy (non-hydrogen) atoms. The van der Waals surface area contributed by atoms with Gasteiger partial charge in [-0.05, 0) is 37.4 Å². The second-order valence-electron chi connectivity index (χ2n) is 4.80. The Bertz CT molecular complexity index is 557. The van der Waals surface area contributed by atoms with Gasteiger partial charge in [0.25, 0.3) is 0 Å². The molecule has 1 aliphatic rings. The summed E-state index contributed by atoms with van der Waals surface area (Å²) in [5.41, 5.74) is 1.98. The van der Waals surface area contributed by atoms with E-state index >= 15 is 0 Å². The van der Waals surface area contributed by atoms with Gasteiger partial charge in [0.2, 0.25) is 5.28 Å². The molecular formula is C13H17ClN4. The normalized spacial score (nSPS) is 16.6. The van der Waals surface area contributed by atoms with Gasteiger partial charge in [0.1, 0.15) is 5.52 Å². The van der Waals surface area contributed by atoms with E-state index in [0.29, 0.717) is 11.3 Å². The topological polar surface area (TPSA) is 42.7 Å². The van der Waals surface area contributed by atoms with Crippen LogP contribution in [0.5, 0.6) is 0 Å². The standard InChI is InChI=1S/C13H17ClN4/c1-2-18-8-7-10-11(18)12(17-13(14)16-10)15-9-5-3-4-6-9/h7-9H,2-6H2,1H3,(H,15,16,17). The number of rotatable bonds is 3. The summed E-state index contributed by atoms with van der Waals surface area (Å²) >= 11 is 5.99. The fraction of sp³-hybridized carbons (Fsp3) is 0.538. The van der Waals surface area contributed by atoms with Crippen LogP contribution in [-0.2, 0) is 6.54 Å². The van der Waals surface area contributed by atoms with Crippen molar-refractivity contribution in [3.63, 3.8) is 0 Å². The number of aryl methyl sites for hydroxylation is 1. The van der Waals surface area contributed by atoms with E-state index in [1.807, 2.05) is 12.3 Å². The zero-order chi connectivity index (χ0) is 12.5. The lowest BCUT2D eigenvalue weighted by atomic mass is 10.2. The third kappa shape index (κ3) is 2.05. The van der Waals surface area contributed by atoms with Gasteiger partial charge in [-0.1, -0.05) is 12.8 Å². The van der Waals surface area contributed by atoms with Gasteiger partial charge < -0.3 is 9.88 Å². The molecule has 2 heterocycles. The maximum absolute atomic E-state index is 5.99. The maximum atomic E-state index is 5.99. The predicted octanol–water partition coefficient (Wildman–Crippen LogP) is 3.46. The van der Waals surface area contributed by atoms with Gasteiger partial charge in [0.15, 0.2) is 5.82 Å². The molecule has 2 aromatic rings. The average molecular weight is 265 g/mol. The minimum absolute atomic E-state index is 0.317. The molecule has 2 aromatic heterocycles. The Kier molecular flexibility index (Phi) is 3.12. The van der Waals surface area contributed by atoms with Crippen molar-refractivity contribution in [3.8, 4) is 0 Å². The fourth-order valence-corrected chi connectivity index (χ4v) is 2.88. The van der Waals surface area contributed by atoms with Gasteiger partial charge in [-0.25, -0.2) is 4.98 Å². The highest BCUT2D eigenvalue weighted by molar-refractivity contribution is 6.28. The van der Waals surface area contributed by atoms with Crippen LogP contribution >= 0.6 is 11.6 Å². The van der Waals surface area contributed by atoms with E-state index in [2.05, 4.69) is 26.8 Å². The molecule has 1 saturated carbocycles. The van der Waals surface area contributed by atoms with Crippen LogP contribution in [0.2, 0.25) is 5.28 Å². The molecule has 3 rings (SSSR count). The predicted molar refractivity (Wildman–Crippen MR) is 74.1 cm³/mol. The van der Waals surface area contributed by atoms with Crippen LogP contribution in [0.15, 0.2) is 12.3 Å². The highest BCUT2D eigenvalue weighted by Gasteiger charge is 2.18. The molecule has 1 aliphatic carbocycles. The summed E-state index contributed by atoms with van der Waals surface area (Å²) in [6.45, 7) is 3.03. The molecule has 4 nitrogen and oxygen atoms in total. The van der Waals surface area contributed by atoms with Gasteiger partial charge in [-0.15, -0.1) is 0 Å². The van der Waals surface area contributed by atoms with Gasteiger partial charge >= 0.3 is 0 Å². The summed E-state index contributed by atoms with van der Waals surface area (Å²) in [4.78, 5) is 8.64. The van der Waals surface area contributed by atoms with E-state index in [1.54, 1.807) is 0 Å². The van der Waals surface area contributed by atoms with E-state index in [9.17, 15) is 0 Å². The Hall–Kier alpha value is -1.29. The Balaban J connectivity index is 2.04. The second kappa shape index (κ2) is 4.76. The Morgan fingerprint density at radius 1 is 1.39 bits per heavy atom. The molecule has 96 valence electrons. The van der Waals surface area contributed by atoms with E-state index in [0.717, 1.165) is 23.4 Å². The lowest BCUT2D eigenvalue weighted by Gasteiger charge is -2.14. The first kappa shape index (κ1) is 11.8. The monoisotopic (exact) mass is 264 g/mol. The largest absolute Gasteiger partial charge is 0.365 e. The number of hydrogen-bond acceptors (Lipinski definition) is 3. The first-order valence-electron chi connectivity index (χ1n) is 6.57. The molecule has 0 radical (unpaired) electrons. The number of halogens is 1. The van der Waals surface area contributed by atoms with Crippen molar-refractivity contribution in [3.05, 3.63) is 17.5 Å². The first-order valence-corrected chi connectivity index (χ1v) is 6.94. The van der Waals surface area contributed by atoms with Gasteiger partial charge in [0.05, 0.1) is 5.52 Å². The van der Waals surface area contributed by atoms with Crippen LogP contribution in [0, 0.1) is 0 Å². The molecule has 0 aromatic carbocycles. The molecule has 0 aliphatic heterocycles. The van der Waals surface area contributed by atoms with Crippen molar-refractivity contribution >= 4 is 28.5 Å². The van der Waals surface area contributed by atoms with Gasteiger partial charge in [-0.3, -0.25) is 0 Å². The van der Waals surface area contributed by atoms with Crippen LogP contribution in [0.4, 0.5) is 5.82 Å². The van der Waals surface area contributed by atoms with Crippen LogP contribution in [0.25, 0.3) is 11.0 Å². The molecule has 1 fully saturated rings. The second-order valence-corrected chi connectivity index (χ2v) is 5.14. The lowest BCUT2D eigenvalue weighted by molar-refractivity contribution is 0.746. The SMILES string of the molecule is CCn1ccc2nc(Cl)nc(NC3CCCC3)c21. The summed E-state index contributed by atoms with van der Waals surface area (Å²) in [6.07, 6.45) is 7.07. The highest BCUT2D eigenvalue weighted by atomic mass is 35.5. The summed E-state index contributed by atoms with van der Waals surface area (Å²) in [7, 11) is 0. The minimum Gasteiger partial charge on any atom is -0.365 e. The third-order valence-corrected chi connectivity index (χ3v) is 3.79. The van der Waals surface area contributed by atoms with Gasteiger partial charge in [0, 0.05) is 18.8 Å².